The molecule has 0 unspecified atom stereocenters. The number of aryl methyl sites for hydroxylation is 1. The highest BCUT2D eigenvalue weighted by molar-refractivity contribution is 7.92. The van der Waals surface area contributed by atoms with Crippen LogP contribution in [0.25, 0.3) is 0 Å². The van der Waals surface area contributed by atoms with Crippen LogP contribution in [0.15, 0.2) is 24.3 Å². The van der Waals surface area contributed by atoms with E-state index in [2.05, 4.69) is 0 Å². The second-order valence-electron chi connectivity index (χ2n) is 6.57. The van der Waals surface area contributed by atoms with Crippen molar-refractivity contribution < 1.29 is 18.0 Å². The van der Waals surface area contributed by atoms with Gasteiger partial charge in [0.25, 0.3) is 0 Å². The Morgan fingerprint density at radius 2 is 1.72 bits per heavy atom. The van der Waals surface area contributed by atoms with Crippen LogP contribution in [0.1, 0.15) is 25.3 Å². The quantitative estimate of drug-likeness (QED) is 0.834. The molecule has 0 aromatic heterocycles. The lowest BCUT2D eigenvalue weighted by Crippen LogP contribution is -2.52. The normalized spacial score (nSPS) is 17.2. The Kier molecular flexibility index (Phi) is 5.72. The van der Waals surface area contributed by atoms with Gasteiger partial charge in [-0.1, -0.05) is 17.7 Å². The third-order valence-electron chi connectivity index (χ3n) is 4.56. The Labute approximate surface area is 148 Å². The third kappa shape index (κ3) is 4.50. The van der Waals surface area contributed by atoms with Crippen molar-refractivity contribution in [3.8, 4) is 0 Å². The van der Waals surface area contributed by atoms with Gasteiger partial charge in [-0.2, -0.15) is 0 Å². The average molecular weight is 367 g/mol. The molecule has 2 amide bonds. The second-order valence-corrected chi connectivity index (χ2v) is 8.43. The number of nitrogens with zero attached hydrogens (tertiary/aromatic N) is 2. The van der Waals surface area contributed by atoms with Crippen LogP contribution in [-0.2, 0) is 19.6 Å². The Balaban J connectivity index is 2.19. The molecule has 0 bridgehead atoms. The van der Waals surface area contributed by atoms with E-state index in [-0.39, 0.29) is 17.7 Å². The number of hydrogen-bond acceptors (Lipinski definition) is 4. The van der Waals surface area contributed by atoms with Crippen molar-refractivity contribution in [3.63, 3.8) is 0 Å². The highest BCUT2D eigenvalue weighted by Crippen LogP contribution is 2.24. The lowest BCUT2D eigenvalue weighted by Gasteiger charge is -2.36. The molecule has 1 aromatic carbocycles. The summed E-state index contributed by atoms with van der Waals surface area (Å²) in [6, 6.07) is 6.15. The molecule has 2 rings (SSSR count). The average Bonchev–Trinajstić information content (AvgIpc) is 2.55. The smallest absolute Gasteiger partial charge is 0.246 e. The predicted octanol–water partition coefficient (Wildman–Crippen LogP) is 0.873. The van der Waals surface area contributed by atoms with Gasteiger partial charge in [0, 0.05) is 19.0 Å². The number of primary amides is 1. The van der Waals surface area contributed by atoms with E-state index in [4.69, 9.17) is 5.73 Å². The van der Waals surface area contributed by atoms with Crippen molar-refractivity contribution in [2.24, 2.45) is 11.7 Å². The monoisotopic (exact) mass is 367 g/mol. The highest BCUT2D eigenvalue weighted by atomic mass is 32.2. The number of hydrogen-bond donors (Lipinski definition) is 1. The van der Waals surface area contributed by atoms with Gasteiger partial charge >= 0.3 is 0 Å². The molecule has 0 radical (unpaired) electrons. The molecule has 1 aromatic rings. The summed E-state index contributed by atoms with van der Waals surface area (Å²) in [7, 11) is -3.63. The van der Waals surface area contributed by atoms with Crippen LogP contribution in [0.4, 0.5) is 5.69 Å². The molecular weight excluding hydrogens is 342 g/mol. The molecule has 1 saturated heterocycles. The summed E-state index contributed by atoms with van der Waals surface area (Å²) in [4.78, 5) is 25.7. The first-order valence-electron chi connectivity index (χ1n) is 8.25. The number of amides is 2. The summed E-state index contributed by atoms with van der Waals surface area (Å²) in [5.41, 5.74) is 6.78. The molecule has 1 atom stereocenters. The predicted molar refractivity (Wildman–Crippen MR) is 96.5 cm³/mol. The SMILES string of the molecule is Cc1ccc(N([C@@H](C)C(=O)N2CCC(C(N)=O)CC2)S(C)(=O)=O)cc1. The molecule has 1 heterocycles. The van der Waals surface area contributed by atoms with Gasteiger partial charge in [-0.25, -0.2) is 8.42 Å². The fraction of sp³-hybridized carbons (Fsp3) is 0.529. The summed E-state index contributed by atoms with van der Waals surface area (Å²) < 4.78 is 25.7. The molecule has 8 heteroatoms. The van der Waals surface area contributed by atoms with Crippen molar-refractivity contribution in [1.82, 2.24) is 4.90 Å². The van der Waals surface area contributed by atoms with Gasteiger partial charge in [0.15, 0.2) is 0 Å². The van der Waals surface area contributed by atoms with Gasteiger partial charge in [-0.05, 0) is 38.8 Å². The van der Waals surface area contributed by atoms with Crippen LogP contribution in [0.5, 0.6) is 0 Å². The minimum atomic E-state index is -3.63. The van der Waals surface area contributed by atoms with Gasteiger partial charge in [-0.15, -0.1) is 0 Å². The standard InChI is InChI=1S/C17H25N3O4S/c1-12-4-6-15(7-5-12)20(25(3,23)24)13(2)17(22)19-10-8-14(9-11-19)16(18)21/h4-7,13-14H,8-11H2,1-3H3,(H2,18,21)/t13-/m0/s1. The van der Waals surface area contributed by atoms with Crippen molar-refractivity contribution >= 4 is 27.5 Å². The second kappa shape index (κ2) is 7.43. The van der Waals surface area contributed by atoms with E-state index in [1.165, 1.54) is 0 Å². The van der Waals surface area contributed by atoms with E-state index in [1.807, 2.05) is 19.1 Å². The number of sulfonamides is 1. The zero-order valence-corrected chi connectivity index (χ0v) is 15.6. The number of likely N-dealkylation sites (tertiary alicyclic amines) is 1. The van der Waals surface area contributed by atoms with Crippen LogP contribution >= 0.6 is 0 Å². The minimum absolute atomic E-state index is 0.220. The van der Waals surface area contributed by atoms with E-state index in [0.717, 1.165) is 16.1 Å². The fourth-order valence-electron chi connectivity index (χ4n) is 3.14. The summed E-state index contributed by atoms with van der Waals surface area (Å²) in [6.07, 6.45) is 2.12. The molecule has 138 valence electrons. The summed E-state index contributed by atoms with van der Waals surface area (Å²) in [5.74, 6) is -0.839. The Morgan fingerprint density at radius 1 is 1.20 bits per heavy atom. The Hall–Kier alpha value is -2.09. The topological polar surface area (TPSA) is 101 Å². The van der Waals surface area contributed by atoms with E-state index in [9.17, 15) is 18.0 Å². The van der Waals surface area contributed by atoms with Crippen molar-refractivity contribution in [2.45, 2.75) is 32.7 Å². The van der Waals surface area contributed by atoms with Crippen molar-refractivity contribution in [1.29, 1.82) is 0 Å². The molecule has 2 N–H and O–H groups in total. The van der Waals surface area contributed by atoms with Crippen LogP contribution in [-0.4, -0.2) is 50.5 Å². The summed E-state index contributed by atoms with van der Waals surface area (Å²) in [6.45, 7) is 4.31. The fourth-order valence-corrected chi connectivity index (χ4v) is 4.31. The van der Waals surface area contributed by atoms with Crippen LogP contribution < -0.4 is 10.0 Å². The first kappa shape index (κ1) is 19.2. The molecule has 0 aliphatic carbocycles. The highest BCUT2D eigenvalue weighted by Gasteiger charge is 2.34. The summed E-state index contributed by atoms with van der Waals surface area (Å²) in [5, 5.41) is 0. The number of rotatable bonds is 5. The van der Waals surface area contributed by atoms with E-state index in [1.54, 1.807) is 24.0 Å². The maximum atomic E-state index is 12.8. The van der Waals surface area contributed by atoms with Crippen LogP contribution in [0.3, 0.4) is 0 Å². The molecule has 0 saturated carbocycles. The molecule has 1 aliphatic rings. The maximum Gasteiger partial charge on any atom is 0.246 e. The third-order valence-corrected chi connectivity index (χ3v) is 5.81. The minimum Gasteiger partial charge on any atom is -0.369 e. The molecule has 7 nitrogen and oxygen atoms in total. The zero-order valence-electron chi connectivity index (χ0n) is 14.8. The van der Waals surface area contributed by atoms with Crippen molar-refractivity contribution in [2.75, 3.05) is 23.7 Å². The summed E-state index contributed by atoms with van der Waals surface area (Å²) >= 11 is 0. The van der Waals surface area contributed by atoms with E-state index in [0.29, 0.717) is 31.6 Å². The molecule has 1 aliphatic heterocycles. The molecular formula is C17H25N3O4S. The first-order valence-corrected chi connectivity index (χ1v) is 10.1. The van der Waals surface area contributed by atoms with Gasteiger partial charge in [-0.3, -0.25) is 13.9 Å². The van der Waals surface area contributed by atoms with Crippen molar-refractivity contribution in [3.05, 3.63) is 29.8 Å². The lowest BCUT2D eigenvalue weighted by atomic mass is 9.96. The number of benzene rings is 1. The van der Waals surface area contributed by atoms with E-state index < -0.39 is 16.1 Å². The maximum absolute atomic E-state index is 12.8. The Bertz CT molecular complexity index is 738. The van der Waals surface area contributed by atoms with Crippen LogP contribution in [0, 0.1) is 12.8 Å². The molecule has 25 heavy (non-hydrogen) atoms. The van der Waals surface area contributed by atoms with Gasteiger partial charge in [0.1, 0.15) is 6.04 Å². The Morgan fingerprint density at radius 3 is 2.16 bits per heavy atom. The number of carbonyl (C=O) groups excluding carboxylic acids is 2. The molecule has 1 fully saturated rings. The number of carbonyl (C=O) groups is 2. The zero-order chi connectivity index (χ0) is 18.8. The van der Waals surface area contributed by atoms with Gasteiger partial charge < -0.3 is 10.6 Å². The number of nitrogens with two attached hydrogens (primary N) is 1. The largest absolute Gasteiger partial charge is 0.369 e. The van der Waals surface area contributed by atoms with Gasteiger partial charge in [0.05, 0.1) is 11.9 Å². The number of piperidine rings is 1. The van der Waals surface area contributed by atoms with Crippen LogP contribution in [0.2, 0.25) is 0 Å². The van der Waals surface area contributed by atoms with E-state index >= 15 is 0 Å². The number of anilines is 1. The molecule has 0 spiro atoms. The lowest BCUT2D eigenvalue weighted by molar-refractivity contribution is -0.135. The first-order chi connectivity index (χ1) is 11.6. The van der Waals surface area contributed by atoms with Gasteiger partial charge in [0.2, 0.25) is 21.8 Å².